The second-order valence-electron chi connectivity index (χ2n) is 7.72. The number of carbonyl (C=O) groups excluding carboxylic acids is 1. The largest absolute Gasteiger partial charge is 0.494 e. The quantitative estimate of drug-likeness (QED) is 0.615. The van der Waals surface area contributed by atoms with Crippen molar-refractivity contribution in [2.75, 3.05) is 26.8 Å². The first-order valence-corrected chi connectivity index (χ1v) is 10.4. The number of ether oxygens (including phenoxy) is 2. The Bertz CT molecular complexity index is 798. The lowest BCUT2D eigenvalue weighted by Gasteiger charge is -2.31. The van der Waals surface area contributed by atoms with Crippen molar-refractivity contribution in [1.29, 1.82) is 0 Å². The second-order valence-corrected chi connectivity index (χ2v) is 7.72. The zero-order valence-corrected chi connectivity index (χ0v) is 17.3. The van der Waals surface area contributed by atoms with Crippen molar-refractivity contribution >= 4 is 5.78 Å². The van der Waals surface area contributed by atoms with Gasteiger partial charge in [0.1, 0.15) is 12.4 Å². The van der Waals surface area contributed by atoms with E-state index in [0.29, 0.717) is 12.3 Å². The van der Waals surface area contributed by atoms with Gasteiger partial charge in [0.25, 0.3) is 0 Å². The highest BCUT2D eigenvalue weighted by atomic mass is 19.1. The molecule has 0 atom stereocenters. The van der Waals surface area contributed by atoms with Gasteiger partial charge < -0.3 is 9.47 Å². The van der Waals surface area contributed by atoms with Gasteiger partial charge in [0.05, 0.1) is 7.11 Å². The number of hydrogen-bond donors (Lipinski definition) is 0. The second kappa shape index (κ2) is 10.4. The molecule has 5 heteroatoms. The highest BCUT2D eigenvalue weighted by molar-refractivity contribution is 5.80. The average Bonchev–Trinajstić information content (AvgIpc) is 2.74. The summed E-state index contributed by atoms with van der Waals surface area (Å²) < 4.78 is 24.5. The van der Waals surface area contributed by atoms with Gasteiger partial charge in [-0.3, -0.25) is 9.69 Å². The first-order chi connectivity index (χ1) is 14.1. The van der Waals surface area contributed by atoms with Crippen LogP contribution in [0.4, 0.5) is 4.39 Å². The number of nitrogens with zero attached hydrogens (tertiary/aromatic N) is 1. The summed E-state index contributed by atoms with van der Waals surface area (Å²) in [5.41, 5.74) is 2.20. The van der Waals surface area contributed by atoms with Crippen LogP contribution in [0.3, 0.4) is 0 Å². The van der Waals surface area contributed by atoms with Crippen molar-refractivity contribution < 1.29 is 18.7 Å². The van der Waals surface area contributed by atoms with Crippen LogP contribution in [0, 0.1) is 11.7 Å². The number of rotatable bonds is 9. The number of benzene rings is 2. The summed E-state index contributed by atoms with van der Waals surface area (Å²) in [5, 5.41) is 0. The molecule has 2 aromatic carbocycles. The number of likely N-dealkylation sites (tertiary alicyclic amines) is 1. The van der Waals surface area contributed by atoms with Gasteiger partial charge in [-0.25, -0.2) is 4.39 Å². The Morgan fingerprint density at radius 2 is 1.79 bits per heavy atom. The minimum atomic E-state index is -0.324. The molecule has 0 aromatic heterocycles. The van der Waals surface area contributed by atoms with Gasteiger partial charge in [0, 0.05) is 13.0 Å². The van der Waals surface area contributed by atoms with Gasteiger partial charge in [-0.15, -0.1) is 0 Å². The summed E-state index contributed by atoms with van der Waals surface area (Å²) in [6, 6.07) is 13.0. The molecule has 1 heterocycles. The molecule has 0 unspecified atom stereocenters. The Hall–Kier alpha value is -2.40. The van der Waals surface area contributed by atoms with Crippen LogP contribution in [-0.2, 0) is 17.8 Å². The van der Waals surface area contributed by atoms with Crippen molar-refractivity contribution in [2.24, 2.45) is 5.92 Å². The number of methoxy groups -OCH3 is 1. The van der Waals surface area contributed by atoms with Gasteiger partial charge in [-0.1, -0.05) is 25.1 Å². The molecule has 3 rings (SSSR count). The maximum atomic E-state index is 13.9. The lowest BCUT2D eigenvalue weighted by molar-refractivity contribution is -0.122. The van der Waals surface area contributed by atoms with E-state index >= 15 is 0 Å². The zero-order valence-electron chi connectivity index (χ0n) is 17.3. The fraction of sp³-hybridized carbons (Fsp3) is 0.458. The standard InChI is InChI=1S/C24H30FNO3/c1-3-18-4-7-22(8-5-18)29-17-21(27)14-19-10-12-26(13-11-19)16-20-6-9-24(28-2)23(25)15-20/h4-9,15,19H,3,10-14,16-17H2,1-2H3. The maximum Gasteiger partial charge on any atom is 0.170 e. The molecule has 1 saturated heterocycles. The van der Waals surface area contributed by atoms with Crippen LogP contribution >= 0.6 is 0 Å². The molecule has 0 amide bonds. The van der Waals surface area contributed by atoms with Crippen LogP contribution in [0.1, 0.15) is 37.3 Å². The summed E-state index contributed by atoms with van der Waals surface area (Å²) in [7, 11) is 1.47. The molecule has 156 valence electrons. The highest BCUT2D eigenvalue weighted by Gasteiger charge is 2.22. The zero-order chi connectivity index (χ0) is 20.6. The summed E-state index contributed by atoms with van der Waals surface area (Å²) >= 11 is 0. The number of hydrogen-bond acceptors (Lipinski definition) is 4. The molecule has 0 aliphatic carbocycles. The maximum absolute atomic E-state index is 13.9. The van der Waals surface area contributed by atoms with Crippen LogP contribution < -0.4 is 9.47 Å². The van der Waals surface area contributed by atoms with Crippen molar-refractivity contribution in [3.05, 3.63) is 59.4 Å². The third-order valence-electron chi connectivity index (χ3n) is 5.58. The minimum absolute atomic E-state index is 0.136. The van der Waals surface area contributed by atoms with Gasteiger partial charge in [0.15, 0.2) is 17.3 Å². The Morgan fingerprint density at radius 3 is 2.41 bits per heavy atom. The van der Waals surface area contributed by atoms with E-state index < -0.39 is 0 Å². The monoisotopic (exact) mass is 399 g/mol. The molecule has 0 N–H and O–H groups in total. The topological polar surface area (TPSA) is 38.8 Å². The van der Waals surface area contributed by atoms with Crippen LogP contribution in [-0.4, -0.2) is 37.5 Å². The van der Waals surface area contributed by atoms with E-state index in [1.165, 1.54) is 12.7 Å². The molecule has 0 bridgehead atoms. The van der Waals surface area contributed by atoms with Gasteiger partial charge in [0.2, 0.25) is 0 Å². The predicted molar refractivity (Wildman–Crippen MR) is 112 cm³/mol. The third-order valence-corrected chi connectivity index (χ3v) is 5.58. The Balaban J connectivity index is 1.38. The van der Waals surface area contributed by atoms with Gasteiger partial charge in [-0.2, -0.15) is 0 Å². The number of aryl methyl sites for hydroxylation is 1. The van der Waals surface area contributed by atoms with Crippen LogP contribution in [0.25, 0.3) is 0 Å². The number of carbonyl (C=O) groups is 1. The number of Topliss-reactive ketones (excluding diaryl/α,β-unsaturated/α-hetero) is 1. The van der Waals surface area contributed by atoms with E-state index in [1.54, 1.807) is 12.1 Å². The van der Waals surface area contributed by atoms with Crippen molar-refractivity contribution in [3.63, 3.8) is 0 Å². The van der Waals surface area contributed by atoms with E-state index in [0.717, 1.165) is 50.2 Å². The van der Waals surface area contributed by atoms with E-state index in [4.69, 9.17) is 9.47 Å². The SMILES string of the molecule is CCc1ccc(OCC(=O)CC2CCN(Cc3ccc(OC)c(F)c3)CC2)cc1. The first kappa shape index (κ1) is 21.3. The molecule has 1 aliphatic heterocycles. The van der Waals surface area contributed by atoms with Crippen molar-refractivity contribution in [1.82, 2.24) is 4.90 Å². The van der Waals surface area contributed by atoms with Crippen molar-refractivity contribution in [3.8, 4) is 11.5 Å². The Labute approximate surface area is 172 Å². The predicted octanol–water partition coefficient (Wildman–Crippen LogP) is 4.65. The molecule has 2 aromatic rings. The van der Waals surface area contributed by atoms with E-state index in [2.05, 4.69) is 11.8 Å². The molecule has 1 aliphatic rings. The van der Waals surface area contributed by atoms with E-state index in [9.17, 15) is 9.18 Å². The molecule has 0 saturated carbocycles. The van der Waals surface area contributed by atoms with E-state index in [-0.39, 0.29) is 24.0 Å². The molecular formula is C24H30FNO3. The summed E-state index contributed by atoms with van der Waals surface area (Å²) in [6.07, 6.45) is 3.52. The molecule has 0 spiro atoms. The first-order valence-electron chi connectivity index (χ1n) is 10.4. The van der Waals surface area contributed by atoms with E-state index in [1.807, 2.05) is 30.3 Å². The smallest absolute Gasteiger partial charge is 0.170 e. The normalized spacial score (nSPS) is 15.3. The Kier molecular flexibility index (Phi) is 7.64. The number of ketones is 1. The van der Waals surface area contributed by atoms with Crippen LogP contribution in [0.2, 0.25) is 0 Å². The highest BCUT2D eigenvalue weighted by Crippen LogP contribution is 2.24. The summed E-state index contributed by atoms with van der Waals surface area (Å²) in [4.78, 5) is 14.6. The van der Waals surface area contributed by atoms with Crippen LogP contribution in [0.5, 0.6) is 11.5 Å². The number of halogens is 1. The fourth-order valence-corrected chi connectivity index (χ4v) is 3.78. The molecule has 29 heavy (non-hydrogen) atoms. The minimum Gasteiger partial charge on any atom is -0.494 e. The van der Waals surface area contributed by atoms with Crippen molar-refractivity contribution in [2.45, 2.75) is 39.2 Å². The van der Waals surface area contributed by atoms with Gasteiger partial charge in [-0.05, 0) is 73.7 Å². The average molecular weight is 400 g/mol. The van der Waals surface area contributed by atoms with Crippen LogP contribution in [0.15, 0.2) is 42.5 Å². The Morgan fingerprint density at radius 1 is 1.10 bits per heavy atom. The molecule has 4 nitrogen and oxygen atoms in total. The number of piperidine rings is 1. The lowest BCUT2D eigenvalue weighted by Crippen LogP contribution is -2.34. The summed E-state index contributed by atoms with van der Waals surface area (Å²) in [6.45, 7) is 4.81. The molecular weight excluding hydrogens is 369 g/mol. The third kappa shape index (κ3) is 6.29. The fourth-order valence-electron chi connectivity index (χ4n) is 3.78. The molecule has 1 fully saturated rings. The van der Waals surface area contributed by atoms with Gasteiger partial charge >= 0.3 is 0 Å². The lowest BCUT2D eigenvalue weighted by atomic mass is 9.91. The summed E-state index contributed by atoms with van der Waals surface area (Å²) in [5.74, 6) is 1.25. The molecule has 0 radical (unpaired) electrons.